The molecule has 2 aromatic rings. The lowest BCUT2D eigenvalue weighted by Gasteiger charge is -2.00. The monoisotopic (exact) mass is 283 g/mol. The van der Waals surface area contributed by atoms with E-state index in [-0.39, 0.29) is 4.99 Å². The van der Waals surface area contributed by atoms with Crippen molar-refractivity contribution in [1.82, 2.24) is 19.7 Å². The third-order valence-corrected chi connectivity index (χ3v) is 2.27. The highest BCUT2D eigenvalue weighted by atomic mass is 79.9. The Morgan fingerprint density at radius 1 is 1.53 bits per heavy atom. The third-order valence-electron chi connectivity index (χ3n) is 1.65. The summed E-state index contributed by atoms with van der Waals surface area (Å²) in [5, 5.41) is 4.05. The first kappa shape index (κ1) is 10.2. The van der Waals surface area contributed by atoms with Gasteiger partial charge in [-0.05, 0) is 22.0 Å². The molecule has 5 nitrogen and oxygen atoms in total. The molecular formula is C8H6BrN5S. The first-order chi connectivity index (χ1) is 7.16. The Morgan fingerprint density at radius 3 is 2.93 bits per heavy atom. The number of hydrogen-bond acceptors (Lipinski definition) is 4. The zero-order chi connectivity index (χ0) is 10.8. The molecule has 0 aliphatic rings. The van der Waals surface area contributed by atoms with E-state index in [1.54, 1.807) is 24.7 Å². The van der Waals surface area contributed by atoms with E-state index in [1.807, 2.05) is 0 Å². The van der Waals surface area contributed by atoms with Crippen LogP contribution in [0.5, 0.6) is 0 Å². The second-order valence-corrected chi connectivity index (χ2v) is 4.06. The van der Waals surface area contributed by atoms with E-state index in [2.05, 4.69) is 31.0 Å². The summed E-state index contributed by atoms with van der Waals surface area (Å²) in [6, 6.07) is 1.66. The molecule has 15 heavy (non-hydrogen) atoms. The van der Waals surface area contributed by atoms with Gasteiger partial charge in [0.25, 0.3) is 5.95 Å². The van der Waals surface area contributed by atoms with Crippen LogP contribution in [0, 0.1) is 0 Å². The van der Waals surface area contributed by atoms with Crippen LogP contribution < -0.4 is 5.73 Å². The van der Waals surface area contributed by atoms with Crippen molar-refractivity contribution in [1.29, 1.82) is 0 Å². The van der Waals surface area contributed by atoms with E-state index in [1.165, 1.54) is 4.68 Å². The van der Waals surface area contributed by atoms with Crippen molar-refractivity contribution < 1.29 is 0 Å². The summed E-state index contributed by atoms with van der Waals surface area (Å²) in [6.07, 6.45) is 4.99. The molecule has 2 heterocycles. The quantitative estimate of drug-likeness (QED) is 0.835. The maximum Gasteiger partial charge on any atom is 0.251 e. The van der Waals surface area contributed by atoms with Gasteiger partial charge in [-0.2, -0.15) is 5.10 Å². The number of nitrogens with two attached hydrogens (primary N) is 1. The van der Waals surface area contributed by atoms with Gasteiger partial charge >= 0.3 is 0 Å². The molecule has 0 fully saturated rings. The molecule has 0 unspecified atom stereocenters. The lowest BCUT2D eigenvalue weighted by atomic mass is 10.4. The third kappa shape index (κ3) is 2.18. The van der Waals surface area contributed by atoms with Crippen LogP contribution in [0.2, 0.25) is 0 Å². The van der Waals surface area contributed by atoms with Crippen molar-refractivity contribution in [3.63, 3.8) is 0 Å². The molecule has 2 aromatic heterocycles. The Balaban J connectivity index is 2.45. The molecule has 0 saturated carbocycles. The Hall–Kier alpha value is -1.34. The lowest BCUT2D eigenvalue weighted by Crippen LogP contribution is -2.14. The molecule has 0 aromatic carbocycles. The highest BCUT2D eigenvalue weighted by Gasteiger charge is 2.04. The summed E-state index contributed by atoms with van der Waals surface area (Å²) in [4.78, 5) is 8.46. The van der Waals surface area contributed by atoms with E-state index < -0.39 is 0 Å². The molecule has 0 spiro atoms. The van der Waals surface area contributed by atoms with Crippen molar-refractivity contribution in [2.45, 2.75) is 0 Å². The molecule has 0 aliphatic heterocycles. The van der Waals surface area contributed by atoms with Crippen molar-refractivity contribution in [3.8, 4) is 5.95 Å². The smallest absolute Gasteiger partial charge is 0.251 e. The van der Waals surface area contributed by atoms with E-state index in [0.29, 0.717) is 11.6 Å². The summed E-state index contributed by atoms with van der Waals surface area (Å²) in [6.45, 7) is 0. The van der Waals surface area contributed by atoms with E-state index in [9.17, 15) is 0 Å². The summed E-state index contributed by atoms with van der Waals surface area (Å²) in [5.41, 5.74) is 6.00. The van der Waals surface area contributed by atoms with Gasteiger partial charge in [0.1, 0.15) is 10.7 Å². The molecule has 0 bridgehead atoms. The van der Waals surface area contributed by atoms with Crippen LogP contribution in [0.3, 0.4) is 0 Å². The van der Waals surface area contributed by atoms with Gasteiger partial charge in [0.05, 0.1) is 10.7 Å². The topological polar surface area (TPSA) is 69.6 Å². The van der Waals surface area contributed by atoms with Gasteiger partial charge in [-0.25, -0.2) is 14.6 Å². The number of halogens is 1. The van der Waals surface area contributed by atoms with Gasteiger partial charge in [-0.15, -0.1) is 0 Å². The Labute approximate surface area is 99.5 Å². The summed E-state index contributed by atoms with van der Waals surface area (Å²) < 4.78 is 2.39. The van der Waals surface area contributed by atoms with Gasteiger partial charge in [-0.3, -0.25) is 0 Å². The standard InChI is InChI=1S/C8H6BrN5S/c9-5-3-12-14(4-5)8-11-2-1-6(13-8)7(10)15/h1-4H,(H2,10,15). The van der Waals surface area contributed by atoms with Crippen LogP contribution in [0.15, 0.2) is 29.1 Å². The van der Waals surface area contributed by atoms with Crippen LogP contribution in [0.1, 0.15) is 5.69 Å². The fraction of sp³-hybridized carbons (Fsp3) is 0. The number of hydrogen-bond donors (Lipinski definition) is 1. The van der Waals surface area contributed by atoms with Gasteiger partial charge < -0.3 is 5.73 Å². The fourth-order valence-electron chi connectivity index (χ4n) is 1.01. The SMILES string of the molecule is NC(=S)c1ccnc(-n2cc(Br)cn2)n1. The van der Waals surface area contributed by atoms with E-state index in [0.717, 1.165) is 4.47 Å². The van der Waals surface area contributed by atoms with Gasteiger partial charge in [0.15, 0.2) is 0 Å². The molecule has 0 atom stereocenters. The van der Waals surface area contributed by atoms with Crippen molar-refractivity contribution in [3.05, 3.63) is 34.8 Å². The molecule has 0 amide bonds. The normalized spacial score (nSPS) is 10.2. The van der Waals surface area contributed by atoms with Gasteiger partial charge in [-0.1, -0.05) is 12.2 Å². The fourth-order valence-corrected chi connectivity index (χ4v) is 1.41. The van der Waals surface area contributed by atoms with Crippen molar-refractivity contribution >= 4 is 33.1 Å². The van der Waals surface area contributed by atoms with Crippen LogP contribution in [0.25, 0.3) is 5.95 Å². The minimum absolute atomic E-state index is 0.241. The number of aromatic nitrogens is 4. The summed E-state index contributed by atoms with van der Waals surface area (Å²) in [5.74, 6) is 0.436. The second-order valence-electron chi connectivity index (χ2n) is 2.71. The molecule has 7 heteroatoms. The van der Waals surface area contributed by atoms with Crippen molar-refractivity contribution in [2.75, 3.05) is 0 Å². The highest BCUT2D eigenvalue weighted by Crippen LogP contribution is 2.09. The minimum Gasteiger partial charge on any atom is -0.388 e. The average Bonchev–Trinajstić information content (AvgIpc) is 2.65. The molecule has 0 radical (unpaired) electrons. The lowest BCUT2D eigenvalue weighted by molar-refractivity contribution is 0.806. The van der Waals surface area contributed by atoms with Crippen molar-refractivity contribution in [2.24, 2.45) is 5.73 Å². The molecule has 0 aliphatic carbocycles. The van der Waals surface area contributed by atoms with Crippen LogP contribution in [-0.4, -0.2) is 24.7 Å². The molecule has 76 valence electrons. The first-order valence-electron chi connectivity index (χ1n) is 4.00. The number of nitrogens with zero attached hydrogens (tertiary/aromatic N) is 4. The van der Waals surface area contributed by atoms with E-state index >= 15 is 0 Å². The predicted octanol–water partition coefficient (Wildman–Crippen LogP) is 1.06. The molecule has 2 rings (SSSR count). The second kappa shape index (κ2) is 4.03. The number of rotatable bonds is 2. The Bertz CT molecular complexity index is 509. The van der Waals surface area contributed by atoms with Crippen LogP contribution in [0.4, 0.5) is 0 Å². The van der Waals surface area contributed by atoms with E-state index in [4.69, 9.17) is 18.0 Å². The largest absolute Gasteiger partial charge is 0.388 e. The maximum atomic E-state index is 5.47. The summed E-state index contributed by atoms with van der Waals surface area (Å²) in [7, 11) is 0. The molecular weight excluding hydrogens is 278 g/mol. The van der Waals surface area contributed by atoms with Crippen LogP contribution >= 0.6 is 28.1 Å². The zero-order valence-corrected chi connectivity index (χ0v) is 9.86. The van der Waals surface area contributed by atoms with Crippen LogP contribution in [-0.2, 0) is 0 Å². The Morgan fingerprint density at radius 2 is 2.33 bits per heavy atom. The minimum atomic E-state index is 0.241. The van der Waals surface area contributed by atoms with Gasteiger partial charge in [0, 0.05) is 12.4 Å². The maximum absolute atomic E-state index is 5.47. The number of thiocarbonyl (C=S) groups is 1. The average molecular weight is 284 g/mol. The molecule has 0 saturated heterocycles. The Kier molecular flexibility index (Phi) is 2.74. The molecule has 2 N–H and O–H groups in total. The zero-order valence-electron chi connectivity index (χ0n) is 7.46. The van der Waals surface area contributed by atoms with Gasteiger partial charge in [0.2, 0.25) is 0 Å². The predicted molar refractivity (Wildman–Crippen MR) is 62.7 cm³/mol. The summed E-state index contributed by atoms with van der Waals surface area (Å²) >= 11 is 8.11. The first-order valence-corrected chi connectivity index (χ1v) is 5.20. The highest BCUT2D eigenvalue weighted by molar-refractivity contribution is 9.10.